The third-order valence-corrected chi connectivity index (χ3v) is 2.84. The van der Waals surface area contributed by atoms with E-state index < -0.39 is 17.4 Å². The molecule has 0 spiro atoms. The highest BCUT2D eigenvalue weighted by atomic mass is 19.4. The molecule has 0 fully saturated rings. The first-order valence-corrected chi connectivity index (χ1v) is 5.56. The van der Waals surface area contributed by atoms with Gasteiger partial charge in [0.15, 0.2) is 0 Å². The molecule has 20 heavy (non-hydrogen) atoms. The van der Waals surface area contributed by atoms with E-state index in [2.05, 4.69) is 20.2 Å². The Kier molecular flexibility index (Phi) is 2.60. The van der Waals surface area contributed by atoms with E-state index in [1.54, 1.807) is 0 Å². The van der Waals surface area contributed by atoms with Crippen LogP contribution in [0, 0.1) is 0 Å². The first kappa shape index (κ1) is 12.4. The summed E-state index contributed by atoms with van der Waals surface area (Å²) < 4.78 is 38.9. The van der Waals surface area contributed by atoms with Crippen LogP contribution in [0.15, 0.2) is 35.4 Å². The van der Waals surface area contributed by atoms with E-state index in [0.29, 0.717) is 5.56 Å². The molecular formula is C12H7F3N4O. The Hall–Kier alpha value is -2.64. The molecule has 3 aromatic rings. The minimum atomic E-state index is -4.56. The quantitative estimate of drug-likeness (QED) is 0.718. The molecule has 0 bridgehead atoms. The van der Waals surface area contributed by atoms with Crippen LogP contribution in [0.5, 0.6) is 0 Å². The standard InChI is InChI=1S/C12H7F3N4O/c13-12(14,15)8-3-1-2-7-9(6-4-16-17-5-6)18-11(20)19-10(7)8/h1-5H,(H,16,17)(H,18,19,20). The van der Waals surface area contributed by atoms with Gasteiger partial charge in [-0.2, -0.15) is 23.3 Å². The number of aromatic nitrogens is 4. The third kappa shape index (κ3) is 1.94. The SMILES string of the molecule is O=c1nc(-c2cn[nH]c2)c2cccc(C(F)(F)F)c2[nH]1. The zero-order valence-electron chi connectivity index (χ0n) is 9.82. The number of para-hydroxylation sites is 1. The van der Waals surface area contributed by atoms with Crippen LogP contribution in [0.1, 0.15) is 5.56 Å². The van der Waals surface area contributed by atoms with E-state index in [4.69, 9.17) is 0 Å². The van der Waals surface area contributed by atoms with Gasteiger partial charge < -0.3 is 4.98 Å². The van der Waals surface area contributed by atoms with E-state index in [0.717, 1.165) is 6.07 Å². The molecular weight excluding hydrogens is 273 g/mol. The van der Waals surface area contributed by atoms with E-state index in [1.165, 1.54) is 24.5 Å². The van der Waals surface area contributed by atoms with Crippen molar-refractivity contribution in [3.05, 3.63) is 46.6 Å². The van der Waals surface area contributed by atoms with Crippen LogP contribution in [0.3, 0.4) is 0 Å². The topological polar surface area (TPSA) is 74.4 Å². The highest BCUT2D eigenvalue weighted by molar-refractivity contribution is 5.93. The van der Waals surface area contributed by atoms with Crippen LogP contribution in [0.2, 0.25) is 0 Å². The smallest absolute Gasteiger partial charge is 0.305 e. The maximum absolute atomic E-state index is 13.0. The van der Waals surface area contributed by atoms with Crippen LogP contribution in [-0.4, -0.2) is 20.2 Å². The van der Waals surface area contributed by atoms with E-state index >= 15 is 0 Å². The minimum Gasteiger partial charge on any atom is -0.305 e. The van der Waals surface area contributed by atoms with Crippen molar-refractivity contribution >= 4 is 10.9 Å². The van der Waals surface area contributed by atoms with Gasteiger partial charge in [0.25, 0.3) is 0 Å². The molecule has 0 aliphatic heterocycles. The Labute approximate surface area is 109 Å². The zero-order valence-corrected chi connectivity index (χ0v) is 9.82. The molecule has 5 nitrogen and oxygen atoms in total. The molecule has 0 amide bonds. The van der Waals surface area contributed by atoms with E-state index in [1.807, 2.05) is 0 Å². The van der Waals surface area contributed by atoms with Crippen molar-refractivity contribution in [1.29, 1.82) is 0 Å². The lowest BCUT2D eigenvalue weighted by molar-refractivity contribution is -0.136. The molecule has 0 radical (unpaired) electrons. The molecule has 102 valence electrons. The summed E-state index contributed by atoms with van der Waals surface area (Å²) >= 11 is 0. The number of halogens is 3. The molecule has 0 unspecified atom stereocenters. The second-order valence-corrected chi connectivity index (χ2v) is 4.10. The number of nitrogens with one attached hydrogen (secondary N) is 2. The van der Waals surface area contributed by atoms with Crippen LogP contribution < -0.4 is 5.69 Å². The molecule has 0 saturated carbocycles. The predicted octanol–water partition coefficient (Wildman–Crippen LogP) is 2.33. The third-order valence-electron chi connectivity index (χ3n) is 2.84. The molecule has 0 aliphatic rings. The molecule has 0 aliphatic carbocycles. The lowest BCUT2D eigenvalue weighted by Crippen LogP contribution is -2.15. The summed E-state index contributed by atoms with van der Waals surface area (Å²) in [7, 11) is 0. The van der Waals surface area contributed by atoms with Gasteiger partial charge in [0.1, 0.15) is 0 Å². The number of nitrogens with zero attached hydrogens (tertiary/aromatic N) is 2. The molecule has 8 heteroatoms. The fourth-order valence-corrected chi connectivity index (χ4v) is 2.02. The Morgan fingerprint density at radius 3 is 2.65 bits per heavy atom. The lowest BCUT2D eigenvalue weighted by Gasteiger charge is -2.11. The van der Waals surface area contributed by atoms with Gasteiger partial charge in [-0.1, -0.05) is 12.1 Å². The molecule has 3 rings (SSSR count). The number of hydrogen-bond donors (Lipinski definition) is 2. The second-order valence-electron chi connectivity index (χ2n) is 4.10. The lowest BCUT2D eigenvalue weighted by atomic mass is 10.1. The first-order valence-electron chi connectivity index (χ1n) is 5.56. The fraction of sp³-hybridized carbons (Fsp3) is 0.0833. The molecule has 2 aromatic heterocycles. The molecule has 0 atom stereocenters. The van der Waals surface area contributed by atoms with Crippen molar-refractivity contribution in [2.24, 2.45) is 0 Å². The van der Waals surface area contributed by atoms with Crippen molar-refractivity contribution in [3.8, 4) is 11.3 Å². The van der Waals surface area contributed by atoms with Gasteiger partial charge in [0, 0.05) is 17.1 Å². The summed E-state index contributed by atoms with van der Waals surface area (Å²) in [6.45, 7) is 0. The summed E-state index contributed by atoms with van der Waals surface area (Å²) in [5.74, 6) is 0. The molecule has 0 saturated heterocycles. The van der Waals surface area contributed by atoms with Gasteiger partial charge in [-0.15, -0.1) is 0 Å². The summed E-state index contributed by atoms with van der Waals surface area (Å²) in [5.41, 5.74) is -1.43. The average molecular weight is 280 g/mol. The maximum atomic E-state index is 13.0. The van der Waals surface area contributed by atoms with Crippen molar-refractivity contribution in [2.45, 2.75) is 6.18 Å². The van der Waals surface area contributed by atoms with Crippen LogP contribution in [-0.2, 0) is 6.18 Å². The number of fused-ring (bicyclic) bond motifs is 1. The molecule has 1 aromatic carbocycles. The van der Waals surface area contributed by atoms with Crippen LogP contribution in [0.4, 0.5) is 13.2 Å². The fourth-order valence-electron chi connectivity index (χ4n) is 2.02. The highest BCUT2D eigenvalue weighted by Crippen LogP contribution is 2.35. The van der Waals surface area contributed by atoms with Gasteiger partial charge >= 0.3 is 11.9 Å². The summed E-state index contributed by atoms with van der Waals surface area (Å²) in [4.78, 5) is 17.4. The van der Waals surface area contributed by atoms with Gasteiger partial charge in [-0.3, -0.25) is 5.10 Å². The largest absolute Gasteiger partial charge is 0.418 e. The number of H-pyrrole nitrogens is 2. The Bertz CT molecular complexity index is 821. The van der Waals surface area contributed by atoms with Gasteiger partial charge in [0.05, 0.1) is 23.0 Å². The molecule has 2 heterocycles. The minimum absolute atomic E-state index is 0.156. The number of rotatable bonds is 1. The van der Waals surface area contributed by atoms with Crippen molar-refractivity contribution in [1.82, 2.24) is 20.2 Å². The number of aromatic amines is 2. The Morgan fingerprint density at radius 2 is 2.00 bits per heavy atom. The maximum Gasteiger partial charge on any atom is 0.418 e. The Morgan fingerprint density at radius 1 is 1.20 bits per heavy atom. The van der Waals surface area contributed by atoms with Crippen molar-refractivity contribution in [2.75, 3.05) is 0 Å². The van der Waals surface area contributed by atoms with E-state index in [9.17, 15) is 18.0 Å². The average Bonchev–Trinajstić information content (AvgIpc) is 2.89. The number of hydrogen-bond acceptors (Lipinski definition) is 3. The van der Waals surface area contributed by atoms with Crippen molar-refractivity contribution < 1.29 is 13.2 Å². The predicted molar refractivity (Wildman–Crippen MR) is 64.9 cm³/mol. The normalized spacial score (nSPS) is 11.9. The van der Waals surface area contributed by atoms with Gasteiger partial charge in [-0.05, 0) is 6.07 Å². The van der Waals surface area contributed by atoms with Crippen molar-refractivity contribution in [3.63, 3.8) is 0 Å². The number of benzene rings is 1. The summed E-state index contributed by atoms with van der Waals surface area (Å²) in [6.07, 6.45) is -1.71. The summed E-state index contributed by atoms with van der Waals surface area (Å²) in [5, 5.41) is 6.45. The number of alkyl halides is 3. The zero-order chi connectivity index (χ0) is 14.3. The highest BCUT2D eigenvalue weighted by Gasteiger charge is 2.33. The van der Waals surface area contributed by atoms with E-state index in [-0.39, 0.29) is 16.6 Å². The van der Waals surface area contributed by atoms with Gasteiger partial charge in [0.2, 0.25) is 0 Å². The van der Waals surface area contributed by atoms with Gasteiger partial charge in [-0.25, -0.2) is 4.79 Å². The second kappa shape index (κ2) is 4.19. The summed E-state index contributed by atoms with van der Waals surface area (Å²) in [6, 6.07) is 3.65. The molecule has 2 N–H and O–H groups in total. The Balaban J connectivity index is 2.42. The van der Waals surface area contributed by atoms with Crippen LogP contribution in [0.25, 0.3) is 22.2 Å². The van der Waals surface area contributed by atoms with Crippen LogP contribution >= 0.6 is 0 Å². The first-order chi connectivity index (χ1) is 9.47. The monoisotopic (exact) mass is 280 g/mol.